The summed E-state index contributed by atoms with van der Waals surface area (Å²) in [6.45, 7) is 9.49. The van der Waals surface area contributed by atoms with E-state index < -0.39 is 36.3 Å². The molecule has 0 aliphatic carbocycles. The first kappa shape index (κ1) is 33.2. The summed E-state index contributed by atoms with van der Waals surface area (Å²) in [4.78, 5) is 4.50. The molecule has 15 rings (SSSR count). The summed E-state index contributed by atoms with van der Waals surface area (Å²) in [7, 11) is 0. The first-order valence-electron chi connectivity index (χ1n) is 28.9. The van der Waals surface area contributed by atoms with E-state index in [1.54, 1.807) is 28.7 Å². The van der Waals surface area contributed by atoms with Crippen LogP contribution in [0, 0.1) is 17.9 Å². The largest absolute Gasteiger partial charge is 0.318 e. The zero-order valence-electron chi connectivity index (χ0n) is 48.8. The van der Waals surface area contributed by atoms with Crippen molar-refractivity contribution in [2.24, 2.45) is 0 Å². The Morgan fingerprint density at radius 1 is 0.446 bits per heavy atom. The molecule has 4 aromatic heterocycles. The lowest BCUT2D eigenvalue weighted by Crippen LogP contribution is -2.09. The summed E-state index contributed by atoms with van der Waals surface area (Å²) in [5.41, 5.74) is 6.57. The molecule has 0 amide bonds. The number of hydrogen-bond donors (Lipinski definition) is 0. The van der Waals surface area contributed by atoms with E-state index in [0.29, 0.717) is 77.6 Å². The zero-order chi connectivity index (χ0) is 57.7. The van der Waals surface area contributed by atoms with Gasteiger partial charge in [-0.25, -0.2) is 4.85 Å². The maximum atomic E-state index is 12.4. The van der Waals surface area contributed by atoms with Crippen LogP contribution in [0.5, 0.6) is 0 Å². The molecule has 342 valence electrons. The molecule has 4 nitrogen and oxygen atoms in total. The number of rotatable bonds is 6. The number of hydrogen-bond acceptors (Lipinski definition) is 3. The van der Waals surface area contributed by atoms with Crippen LogP contribution in [0.4, 0.5) is 5.69 Å². The second kappa shape index (κ2) is 16.5. The lowest BCUT2D eigenvalue weighted by molar-refractivity contribution is 1.14. The first-order chi connectivity index (χ1) is 40.8. The van der Waals surface area contributed by atoms with Crippen LogP contribution >= 0.6 is 22.7 Å². The van der Waals surface area contributed by atoms with Crippen LogP contribution in [0.1, 0.15) is 19.3 Å². The van der Waals surface area contributed by atoms with E-state index in [9.17, 15) is 14.6 Å². The Labute approximate surface area is 447 Å². The second-order valence-electron chi connectivity index (χ2n) is 18.1. The molecule has 4 heterocycles. The average Bonchev–Trinajstić information content (AvgIpc) is 3.28. The van der Waals surface area contributed by atoms with E-state index in [0.717, 1.165) is 51.1 Å². The van der Waals surface area contributed by atoms with E-state index in [1.165, 1.54) is 0 Å². The van der Waals surface area contributed by atoms with Gasteiger partial charge in [-0.2, -0.15) is 5.26 Å². The highest BCUT2D eigenvalue weighted by Crippen LogP contribution is 2.56. The molecule has 0 unspecified atom stereocenters. The molecule has 0 atom stereocenters. The lowest BCUT2D eigenvalue weighted by Gasteiger charge is -2.26. The van der Waals surface area contributed by atoms with Crippen LogP contribution in [0.25, 0.3) is 145 Å². The van der Waals surface area contributed by atoms with Gasteiger partial charge in [0, 0.05) is 63.6 Å². The zero-order valence-corrected chi connectivity index (χ0v) is 40.4. The first-order valence-corrected chi connectivity index (χ1v) is 25.5. The van der Waals surface area contributed by atoms with E-state index in [2.05, 4.69) is 33.7 Å². The summed E-state index contributed by atoms with van der Waals surface area (Å²) in [6, 6.07) is 52.9. The molecule has 74 heavy (non-hydrogen) atoms. The van der Waals surface area contributed by atoms with Crippen molar-refractivity contribution in [1.29, 1.82) is 5.26 Å². The predicted molar refractivity (Wildman–Crippen MR) is 314 cm³/mol. The minimum atomic E-state index is -0.515. The normalized spacial score (nSPS) is 13.6. The Bertz CT molecular complexity index is 5480. The minimum Gasteiger partial charge on any atom is -0.318 e. The van der Waals surface area contributed by atoms with E-state index in [-0.39, 0.29) is 46.5 Å². The molecule has 0 aliphatic heterocycles. The SMILES string of the molecule is [2H]c1c([2H])c([2H])c(-c2ccc3c4ccccc4n(-c4c([N+]#[C-])c(-c5ccccc5)c(C#N)c(-n5c6c(ccc7c8ccccc8sc76)c6c(-c7c([2H])c([2H])c([2H])c([2H])c7[2H])cc7c8ccccc8sc7c65)c4-c4ccccc4)c3c2)c([2H])c1[2H]. The third-order valence-electron chi connectivity index (χ3n) is 14.3. The number of para-hydroxylation sites is 1. The molecule has 0 aliphatic rings. The molecule has 0 spiro atoms. The van der Waals surface area contributed by atoms with E-state index >= 15 is 0 Å². The second-order valence-corrected chi connectivity index (χ2v) is 20.2. The Kier molecular flexibility index (Phi) is 7.39. The number of aromatic nitrogens is 2. The third-order valence-corrected chi connectivity index (χ3v) is 16.7. The molecule has 15 aromatic rings. The molecule has 0 saturated heterocycles. The highest BCUT2D eigenvalue weighted by Gasteiger charge is 2.34. The molecular weight excluding hydrogens is 937 g/mol. The summed E-state index contributed by atoms with van der Waals surface area (Å²) in [5.74, 6) is 0. The van der Waals surface area contributed by atoms with Crippen LogP contribution in [-0.4, -0.2) is 9.13 Å². The maximum Gasteiger partial charge on any atom is 0.220 e. The van der Waals surface area contributed by atoms with Crippen LogP contribution in [-0.2, 0) is 0 Å². The van der Waals surface area contributed by atoms with Crippen LogP contribution in [0.3, 0.4) is 0 Å². The number of benzene rings is 11. The lowest BCUT2D eigenvalue weighted by atomic mass is 9.88. The number of thiophene rings is 2. The Balaban J connectivity index is 1.26. The van der Waals surface area contributed by atoms with Gasteiger partial charge in [0.1, 0.15) is 6.07 Å². The smallest absolute Gasteiger partial charge is 0.220 e. The molecular formula is C68H38N4S2. The molecule has 0 radical (unpaired) electrons. The van der Waals surface area contributed by atoms with Crippen LogP contribution in [0.2, 0.25) is 0 Å². The number of nitriles is 1. The van der Waals surface area contributed by atoms with Crippen molar-refractivity contribution < 1.29 is 13.7 Å². The van der Waals surface area contributed by atoms with E-state index in [4.69, 9.17) is 11.0 Å². The summed E-state index contributed by atoms with van der Waals surface area (Å²) < 4.78 is 98.0. The Hall–Kier alpha value is -9.56. The van der Waals surface area contributed by atoms with Crippen molar-refractivity contribution in [3.63, 3.8) is 0 Å². The van der Waals surface area contributed by atoms with Gasteiger partial charge in [-0.05, 0) is 63.7 Å². The van der Waals surface area contributed by atoms with Crippen molar-refractivity contribution >= 4 is 112 Å². The van der Waals surface area contributed by atoms with Gasteiger partial charge in [-0.15, -0.1) is 22.7 Å². The topological polar surface area (TPSA) is 38.0 Å². The van der Waals surface area contributed by atoms with Gasteiger partial charge in [0.15, 0.2) is 0 Å². The quantitative estimate of drug-likeness (QED) is 0.153. The Morgan fingerprint density at radius 3 is 1.68 bits per heavy atom. The fraction of sp³-hybridized carbons (Fsp3) is 0. The van der Waals surface area contributed by atoms with Crippen LogP contribution in [0.15, 0.2) is 230 Å². The molecule has 0 fully saturated rings. The van der Waals surface area contributed by atoms with Crippen molar-refractivity contribution in [1.82, 2.24) is 9.13 Å². The van der Waals surface area contributed by atoms with Crippen molar-refractivity contribution in [3.8, 4) is 62.0 Å². The predicted octanol–water partition coefficient (Wildman–Crippen LogP) is 19.7. The fourth-order valence-corrected chi connectivity index (χ4v) is 13.8. The maximum absolute atomic E-state index is 12.4. The summed E-state index contributed by atoms with van der Waals surface area (Å²) >= 11 is 3.15. The molecule has 0 N–H and O–H groups in total. The highest BCUT2D eigenvalue weighted by atomic mass is 32.1. The molecule has 0 saturated carbocycles. The summed E-state index contributed by atoms with van der Waals surface area (Å²) in [6.07, 6.45) is 0. The van der Waals surface area contributed by atoms with Gasteiger partial charge in [-0.3, -0.25) is 0 Å². The van der Waals surface area contributed by atoms with Gasteiger partial charge in [0.05, 0.1) is 68.7 Å². The standard InChI is InChI=1S/C68H38N4S2/c1-70-62-59(43-24-10-4-11-25-43)54(40-69)63(60(44-26-12-5-13-27-44)65(62)71-55-31-17-14-28-46(55)47-35-34-45(38-56(47)71)41-20-6-2-7-21-41)72-64-51(37-36-50-48-29-15-18-32-57(48)73-67(50)64)61-52(42-22-8-3-9-23-42)39-53-49-30-16-19-33-58(49)74-68(53)66(61)72/h2-39H/i2D,3D,6D,7D,8D,9D,20D,21D,22D,23D. The number of nitrogens with zero attached hydrogens (tertiary/aromatic N) is 4. The molecule has 6 heteroatoms. The van der Waals surface area contributed by atoms with Gasteiger partial charge >= 0.3 is 0 Å². The monoisotopic (exact) mass is 984 g/mol. The van der Waals surface area contributed by atoms with Gasteiger partial charge < -0.3 is 9.13 Å². The average molecular weight is 985 g/mol. The van der Waals surface area contributed by atoms with Crippen LogP contribution < -0.4 is 0 Å². The van der Waals surface area contributed by atoms with Gasteiger partial charge in [-0.1, -0.05) is 200 Å². The fourth-order valence-electron chi connectivity index (χ4n) is 11.3. The van der Waals surface area contributed by atoms with Crippen molar-refractivity contribution in [2.75, 3.05) is 0 Å². The van der Waals surface area contributed by atoms with Crippen molar-refractivity contribution in [2.45, 2.75) is 0 Å². The number of fused-ring (bicyclic) bond motifs is 14. The third kappa shape index (κ3) is 6.05. The molecule has 0 bridgehead atoms. The van der Waals surface area contributed by atoms with Crippen molar-refractivity contribution in [3.05, 3.63) is 247 Å². The van der Waals surface area contributed by atoms with Gasteiger partial charge in [0.25, 0.3) is 0 Å². The highest BCUT2D eigenvalue weighted by molar-refractivity contribution is 7.27. The van der Waals surface area contributed by atoms with Gasteiger partial charge in [0.2, 0.25) is 5.69 Å². The van der Waals surface area contributed by atoms with E-state index in [1.807, 2.05) is 150 Å². The molecule has 11 aromatic carbocycles. The minimum absolute atomic E-state index is 0.0128. The Morgan fingerprint density at radius 2 is 1.00 bits per heavy atom. The summed E-state index contributed by atoms with van der Waals surface area (Å²) in [5, 5.41) is 18.9.